The summed E-state index contributed by atoms with van der Waals surface area (Å²) in [5, 5.41) is 8.61. The summed E-state index contributed by atoms with van der Waals surface area (Å²) in [5.74, 6) is -0.911. The van der Waals surface area contributed by atoms with Gasteiger partial charge in [-0.05, 0) is 11.1 Å². The second-order valence-corrected chi connectivity index (χ2v) is 3.42. The maximum absolute atomic E-state index is 10.5. The lowest BCUT2D eigenvalue weighted by Gasteiger charge is -2.12. The Morgan fingerprint density at radius 2 is 1.80 bits per heavy atom. The predicted molar refractivity (Wildman–Crippen MR) is 52.1 cm³/mol. The van der Waals surface area contributed by atoms with E-state index in [1.165, 1.54) is 0 Å². The Kier molecular flexibility index (Phi) is 2.99. The molecule has 15 heavy (non-hydrogen) atoms. The molecule has 4 nitrogen and oxygen atoms in total. The minimum atomic E-state index is -0.911. The molecular weight excluding hydrogens is 196 g/mol. The maximum atomic E-state index is 10.5. The lowest BCUT2D eigenvalue weighted by Crippen LogP contribution is -2.18. The van der Waals surface area contributed by atoms with Crippen molar-refractivity contribution in [2.75, 3.05) is 0 Å². The number of ether oxygens (including phenoxy) is 2. The smallest absolute Gasteiger partial charge is 0.308 e. The molecule has 1 aliphatic heterocycles. The fourth-order valence-corrected chi connectivity index (χ4v) is 1.51. The summed E-state index contributed by atoms with van der Waals surface area (Å²) in [7, 11) is 0. The van der Waals surface area contributed by atoms with Crippen molar-refractivity contribution in [3.63, 3.8) is 0 Å². The van der Waals surface area contributed by atoms with Gasteiger partial charge in [0.05, 0.1) is 19.6 Å². The quantitative estimate of drug-likeness (QED) is 0.800. The summed E-state index contributed by atoms with van der Waals surface area (Å²) in [6.07, 6.45) is -0.761. The van der Waals surface area contributed by atoms with Crippen LogP contribution in [0.3, 0.4) is 0 Å². The minimum Gasteiger partial charge on any atom is -0.481 e. The zero-order valence-electron chi connectivity index (χ0n) is 8.18. The number of fused-ring (bicyclic) bond motifs is 1. The summed E-state index contributed by atoms with van der Waals surface area (Å²) in [6, 6.07) is 7.78. The molecule has 1 aliphatic rings. The van der Waals surface area contributed by atoms with E-state index in [0.29, 0.717) is 13.2 Å². The second-order valence-electron chi connectivity index (χ2n) is 3.42. The molecule has 1 aromatic rings. The van der Waals surface area contributed by atoms with Crippen LogP contribution in [-0.4, -0.2) is 17.4 Å². The van der Waals surface area contributed by atoms with Crippen LogP contribution in [0.15, 0.2) is 24.3 Å². The largest absolute Gasteiger partial charge is 0.481 e. The van der Waals surface area contributed by atoms with E-state index in [-0.39, 0.29) is 6.42 Å². The lowest BCUT2D eigenvalue weighted by atomic mass is 10.1. The Morgan fingerprint density at radius 3 is 2.27 bits per heavy atom. The third-order valence-electron chi connectivity index (χ3n) is 2.31. The average Bonchev–Trinajstić information content (AvgIpc) is 2.41. The van der Waals surface area contributed by atoms with Crippen LogP contribution in [0.25, 0.3) is 0 Å². The Balaban J connectivity index is 2.05. The van der Waals surface area contributed by atoms with Crippen LogP contribution in [0, 0.1) is 0 Å². The third-order valence-corrected chi connectivity index (χ3v) is 2.31. The Bertz CT molecular complexity index is 334. The molecule has 0 aliphatic carbocycles. The summed E-state index contributed by atoms with van der Waals surface area (Å²) in [5.41, 5.74) is 2.12. The van der Waals surface area contributed by atoms with Gasteiger partial charge < -0.3 is 14.6 Å². The molecule has 1 heterocycles. The molecule has 1 N–H and O–H groups in total. The van der Waals surface area contributed by atoms with Crippen LogP contribution in [0.5, 0.6) is 0 Å². The first kappa shape index (κ1) is 10.1. The second kappa shape index (κ2) is 4.42. The summed E-state index contributed by atoms with van der Waals surface area (Å²) in [6.45, 7) is 0.822. The van der Waals surface area contributed by atoms with Gasteiger partial charge in [-0.25, -0.2) is 0 Å². The molecule has 1 aromatic carbocycles. The van der Waals surface area contributed by atoms with Crippen LogP contribution >= 0.6 is 0 Å². The third kappa shape index (κ3) is 2.55. The molecule has 0 saturated carbocycles. The van der Waals surface area contributed by atoms with E-state index in [9.17, 15) is 4.79 Å². The number of hydrogen-bond acceptors (Lipinski definition) is 3. The summed E-state index contributed by atoms with van der Waals surface area (Å²) in [4.78, 5) is 10.5. The van der Waals surface area contributed by atoms with Crippen LogP contribution in [0.4, 0.5) is 0 Å². The summed E-state index contributed by atoms with van der Waals surface area (Å²) >= 11 is 0. The van der Waals surface area contributed by atoms with Gasteiger partial charge in [0.1, 0.15) is 0 Å². The van der Waals surface area contributed by atoms with Gasteiger partial charge in [-0.15, -0.1) is 0 Å². The van der Waals surface area contributed by atoms with E-state index in [4.69, 9.17) is 14.6 Å². The molecule has 2 rings (SSSR count). The maximum Gasteiger partial charge on any atom is 0.308 e. The first-order valence-electron chi connectivity index (χ1n) is 4.77. The van der Waals surface area contributed by atoms with Crippen LogP contribution < -0.4 is 0 Å². The molecule has 0 unspecified atom stereocenters. The van der Waals surface area contributed by atoms with Gasteiger partial charge in [0.15, 0.2) is 6.29 Å². The van der Waals surface area contributed by atoms with Crippen molar-refractivity contribution in [3.8, 4) is 0 Å². The molecule has 4 heteroatoms. The van der Waals surface area contributed by atoms with Crippen molar-refractivity contribution in [1.82, 2.24) is 0 Å². The molecule has 80 valence electrons. The van der Waals surface area contributed by atoms with E-state index in [0.717, 1.165) is 11.1 Å². The van der Waals surface area contributed by atoms with Crippen LogP contribution in [0.2, 0.25) is 0 Å². The zero-order valence-corrected chi connectivity index (χ0v) is 8.18. The Hall–Kier alpha value is -1.39. The van der Waals surface area contributed by atoms with Crippen molar-refractivity contribution >= 4 is 5.97 Å². The van der Waals surface area contributed by atoms with Gasteiger partial charge >= 0.3 is 5.97 Å². The monoisotopic (exact) mass is 208 g/mol. The fraction of sp³-hybridized carbons (Fsp3) is 0.364. The molecule has 0 atom stereocenters. The van der Waals surface area contributed by atoms with Crippen molar-refractivity contribution in [2.24, 2.45) is 0 Å². The number of carbonyl (C=O) groups is 1. The molecule has 0 radical (unpaired) electrons. The summed E-state index contributed by atoms with van der Waals surface area (Å²) < 4.78 is 10.7. The average molecular weight is 208 g/mol. The van der Waals surface area contributed by atoms with Crippen molar-refractivity contribution in [2.45, 2.75) is 25.9 Å². The number of benzene rings is 1. The number of carboxylic acid groups (broad SMARTS) is 1. The molecule has 0 amide bonds. The number of rotatable bonds is 2. The highest BCUT2D eigenvalue weighted by Crippen LogP contribution is 2.19. The molecule has 0 saturated heterocycles. The van der Waals surface area contributed by atoms with E-state index in [1.807, 2.05) is 24.3 Å². The van der Waals surface area contributed by atoms with Crippen LogP contribution in [0.1, 0.15) is 17.5 Å². The van der Waals surface area contributed by atoms with E-state index in [2.05, 4.69) is 0 Å². The Morgan fingerprint density at radius 1 is 1.27 bits per heavy atom. The Labute approximate surface area is 87.4 Å². The zero-order chi connectivity index (χ0) is 10.7. The molecule has 0 fully saturated rings. The van der Waals surface area contributed by atoms with Crippen molar-refractivity contribution < 1.29 is 19.4 Å². The molecule has 0 aromatic heterocycles. The van der Waals surface area contributed by atoms with Gasteiger partial charge in [0.2, 0.25) is 0 Å². The van der Waals surface area contributed by atoms with Crippen molar-refractivity contribution in [1.29, 1.82) is 0 Å². The van der Waals surface area contributed by atoms with E-state index < -0.39 is 12.3 Å². The first-order valence-corrected chi connectivity index (χ1v) is 4.77. The topological polar surface area (TPSA) is 55.8 Å². The van der Waals surface area contributed by atoms with Gasteiger partial charge in [-0.3, -0.25) is 4.79 Å². The highest BCUT2D eigenvalue weighted by molar-refractivity contribution is 5.67. The van der Waals surface area contributed by atoms with Gasteiger partial charge in [-0.2, -0.15) is 0 Å². The van der Waals surface area contributed by atoms with E-state index >= 15 is 0 Å². The predicted octanol–water partition coefficient (Wildman–Crippen LogP) is 1.53. The van der Waals surface area contributed by atoms with Crippen LogP contribution in [-0.2, 0) is 27.5 Å². The first-order chi connectivity index (χ1) is 7.25. The lowest BCUT2D eigenvalue weighted by molar-refractivity contribution is -0.170. The fourth-order valence-electron chi connectivity index (χ4n) is 1.51. The highest BCUT2D eigenvalue weighted by atomic mass is 16.7. The van der Waals surface area contributed by atoms with Crippen molar-refractivity contribution in [3.05, 3.63) is 35.4 Å². The SMILES string of the molecule is O=C(O)CC1OCc2ccccc2CO1. The number of hydrogen-bond donors (Lipinski definition) is 1. The number of carboxylic acids is 1. The van der Waals surface area contributed by atoms with Gasteiger partial charge in [-0.1, -0.05) is 24.3 Å². The normalized spacial score (nSPS) is 16.8. The van der Waals surface area contributed by atoms with Gasteiger partial charge in [0, 0.05) is 0 Å². The molecular formula is C11H12O4. The number of aliphatic carboxylic acids is 1. The molecule has 0 spiro atoms. The highest BCUT2D eigenvalue weighted by Gasteiger charge is 2.18. The van der Waals surface area contributed by atoms with Gasteiger partial charge in [0.25, 0.3) is 0 Å². The minimum absolute atomic E-state index is 0.117. The van der Waals surface area contributed by atoms with E-state index in [1.54, 1.807) is 0 Å². The standard InChI is InChI=1S/C11H12O4/c12-10(13)5-11-14-6-8-3-1-2-4-9(8)7-15-11/h1-4,11H,5-7H2,(H,12,13). The molecule has 0 bridgehead atoms.